The van der Waals surface area contributed by atoms with Gasteiger partial charge in [-0.05, 0) is 35.9 Å². The van der Waals surface area contributed by atoms with Crippen molar-refractivity contribution < 1.29 is 18.7 Å². The number of urea groups is 1. The van der Waals surface area contributed by atoms with Crippen LogP contribution in [0.4, 0.5) is 14.9 Å². The van der Waals surface area contributed by atoms with Crippen LogP contribution in [0.5, 0.6) is 11.6 Å². The monoisotopic (exact) mass is 436 g/mol. The van der Waals surface area contributed by atoms with Gasteiger partial charge in [-0.3, -0.25) is 4.90 Å². The van der Waals surface area contributed by atoms with Gasteiger partial charge in [0.25, 0.3) is 0 Å². The van der Waals surface area contributed by atoms with E-state index in [1.807, 2.05) is 18.2 Å². The summed E-state index contributed by atoms with van der Waals surface area (Å²) in [7, 11) is 0. The van der Waals surface area contributed by atoms with Gasteiger partial charge in [-0.2, -0.15) is 0 Å². The number of halogens is 1. The van der Waals surface area contributed by atoms with E-state index in [1.54, 1.807) is 12.1 Å². The molecule has 0 aliphatic carbocycles. The summed E-state index contributed by atoms with van der Waals surface area (Å²) in [5.41, 5.74) is 1.79. The van der Waals surface area contributed by atoms with Crippen LogP contribution in [0.3, 0.4) is 0 Å². The minimum absolute atomic E-state index is 0.0668. The normalized spacial score (nSPS) is 16.3. The van der Waals surface area contributed by atoms with Crippen LogP contribution in [-0.4, -0.2) is 48.3 Å². The number of anilines is 1. The highest BCUT2D eigenvalue weighted by Gasteiger charge is 2.21. The van der Waals surface area contributed by atoms with Crippen LogP contribution in [0.25, 0.3) is 0 Å². The van der Waals surface area contributed by atoms with Crippen LogP contribution in [0, 0.1) is 5.82 Å². The van der Waals surface area contributed by atoms with Crippen LogP contribution < -0.4 is 15.4 Å². The number of hydrogen-bond acceptors (Lipinski definition) is 5. The highest BCUT2D eigenvalue weighted by molar-refractivity contribution is 5.89. The smallest absolute Gasteiger partial charge is 0.319 e. The number of nitrogens with one attached hydrogen (secondary N) is 2. The SMILES string of the molecule is O=C(NC[C@@H]1CN(Cc2ccccc2)CCO1)Nc1ccc(Oc2ccc(F)cc2)nc1. The number of hydrogen-bond donors (Lipinski definition) is 2. The summed E-state index contributed by atoms with van der Waals surface area (Å²) in [6.45, 7) is 3.54. The Hall–Kier alpha value is -3.49. The Morgan fingerprint density at radius 1 is 1.12 bits per heavy atom. The first-order chi connectivity index (χ1) is 15.6. The molecule has 4 rings (SSSR count). The van der Waals surface area contributed by atoms with Crippen molar-refractivity contribution in [3.8, 4) is 11.6 Å². The Bertz CT molecular complexity index is 1000. The van der Waals surface area contributed by atoms with Gasteiger partial charge in [-0.25, -0.2) is 14.2 Å². The summed E-state index contributed by atoms with van der Waals surface area (Å²) in [5, 5.41) is 5.59. The summed E-state index contributed by atoms with van der Waals surface area (Å²) in [6, 6.07) is 19.0. The van der Waals surface area contributed by atoms with E-state index in [0.717, 1.165) is 19.6 Å². The maximum Gasteiger partial charge on any atom is 0.319 e. The maximum absolute atomic E-state index is 13.0. The van der Waals surface area contributed by atoms with Gasteiger partial charge in [0.15, 0.2) is 0 Å². The Balaban J connectivity index is 1.21. The molecule has 1 aliphatic heterocycles. The summed E-state index contributed by atoms with van der Waals surface area (Å²) in [6.07, 6.45) is 1.43. The third kappa shape index (κ3) is 6.50. The van der Waals surface area contributed by atoms with Crippen molar-refractivity contribution >= 4 is 11.7 Å². The minimum Gasteiger partial charge on any atom is -0.439 e. The molecule has 1 saturated heterocycles. The number of amides is 2. The molecule has 0 spiro atoms. The number of ether oxygens (including phenoxy) is 2. The lowest BCUT2D eigenvalue weighted by atomic mass is 10.2. The Morgan fingerprint density at radius 3 is 2.69 bits per heavy atom. The summed E-state index contributed by atoms with van der Waals surface area (Å²) in [4.78, 5) is 18.7. The van der Waals surface area contributed by atoms with Crippen molar-refractivity contribution in [3.05, 3.63) is 84.3 Å². The van der Waals surface area contributed by atoms with E-state index in [4.69, 9.17) is 9.47 Å². The lowest BCUT2D eigenvalue weighted by molar-refractivity contribution is -0.0285. The predicted octanol–water partition coefficient (Wildman–Crippen LogP) is 4.04. The Kier molecular flexibility index (Phi) is 7.27. The molecule has 2 aromatic carbocycles. The molecule has 0 saturated carbocycles. The molecule has 32 heavy (non-hydrogen) atoms. The second-order valence-corrected chi connectivity index (χ2v) is 7.49. The minimum atomic E-state index is -0.335. The standard InChI is InChI=1S/C24H25FN4O3/c25-19-6-9-21(10-7-19)32-23-11-8-20(14-26-23)28-24(30)27-15-22-17-29(12-13-31-22)16-18-4-2-1-3-5-18/h1-11,14,22H,12-13,15-17H2,(H2,27,28,30)/t22-/m1/s1. The van der Waals surface area contributed by atoms with E-state index in [2.05, 4.69) is 32.7 Å². The van der Waals surface area contributed by atoms with Crippen molar-refractivity contribution in [1.82, 2.24) is 15.2 Å². The van der Waals surface area contributed by atoms with E-state index in [0.29, 0.717) is 30.5 Å². The van der Waals surface area contributed by atoms with Gasteiger partial charge in [0.1, 0.15) is 11.6 Å². The molecular formula is C24H25FN4O3. The Morgan fingerprint density at radius 2 is 1.94 bits per heavy atom. The molecule has 0 unspecified atom stereocenters. The number of morpholine rings is 1. The van der Waals surface area contributed by atoms with Crippen molar-refractivity contribution in [2.24, 2.45) is 0 Å². The van der Waals surface area contributed by atoms with Crippen LogP contribution in [-0.2, 0) is 11.3 Å². The molecule has 1 aliphatic rings. The highest BCUT2D eigenvalue weighted by atomic mass is 19.1. The van der Waals surface area contributed by atoms with E-state index in [1.165, 1.54) is 36.0 Å². The topological polar surface area (TPSA) is 75.7 Å². The molecule has 1 fully saturated rings. The number of aromatic nitrogens is 1. The molecule has 8 heteroatoms. The van der Waals surface area contributed by atoms with Crippen molar-refractivity contribution in [3.63, 3.8) is 0 Å². The predicted molar refractivity (Wildman–Crippen MR) is 119 cm³/mol. The zero-order chi connectivity index (χ0) is 22.2. The fourth-order valence-corrected chi connectivity index (χ4v) is 3.41. The van der Waals surface area contributed by atoms with E-state index in [-0.39, 0.29) is 18.0 Å². The van der Waals surface area contributed by atoms with Crippen LogP contribution in [0.2, 0.25) is 0 Å². The average Bonchev–Trinajstić information content (AvgIpc) is 2.81. The fourth-order valence-electron chi connectivity index (χ4n) is 3.41. The van der Waals surface area contributed by atoms with Gasteiger partial charge in [-0.15, -0.1) is 0 Å². The maximum atomic E-state index is 13.0. The second kappa shape index (κ2) is 10.7. The average molecular weight is 436 g/mol. The van der Waals surface area contributed by atoms with E-state index < -0.39 is 0 Å². The number of benzene rings is 2. The van der Waals surface area contributed by atoms with Crippen LogP contribution in [0.1, 0.15) is 5.56 Å². The first-order valence-electron chi connectivity index (χ1n) is 10.5. The first kappa shape index (κ1) is 21.7. The summed E-state index contributed by atoms with van der Waals surface area (Å²) < 4.78 is 24.3. The largest absolute Gasteiger partial charge is 0.439 e. The third-order valence-corrected chi connectivity index (χ3v) is 4.99. The summed E-state index contributed by atoms with van der Waals surface area (Å²) in [5.74, 6) is 0.487. The molecule has 166 valence electrons. The van der Waals surface area contributed by atoms with Gasteiger partial charge in [-0.1, -0.05) is 30.3 Å². The van der Waals surface area contributed by atoms with Crippen LogP contribution >= 0.6 is 0 Å². The molecule has 0 bridgehead atoms. The van der Waals surface area contributed by atoms with Gasteiger partial charge in [0.2, 0.25) is 5.88 Å². The van der Waals surface area contributed by atoms with E-state index >= 15 is 0 Å². The van der Waals surface area contributed by atoms with Gasteiger partial charge in [0.05, 0.1) is 24.6 Å². The molecule has 1 atom stereocenters. The van der Waals surface area contributed by atoms with Gasteiger partial charge < -0.3 is 20.1 Å². The van der Waals surface area contributed by atoms with Gasteiger partial charge >= 0.3 is 6.03 Å². The second-order valence-electron chi connectivity index (χ2n) is 7.49. The fraction of sp³-hybridized carbons (Fsp3) is 0.250. The highest BCUT2D eigenvalue weighted by Crippen LogP contribution is 2.20. The number of pyridine rings is 1. The molecule has 0 radical (unpaired) electrons. The zero-order valence-electron chi connectivity index (χ0n) is 17.5. The molecule has 1 aromatic heterocycles. The lowest BCUT2D eigenvalue weighted by Crippen LogP contribution is -2.47. The number of nitrogens with zero attached hydrogens (tertiary/aromatic N) is 2. The quantitative estimate of drug-likeness (QED) is 0.585. The van der Waals surface area contributed by atoms with Crippen molar-refractivity contribution in [2.45, 2.75) is 12.6 Å². The number of carbonyl (C=O) groups excluding carboxylic acids is 1. The summed E-state index contributed by atoms with van der Waals surface area (Å²) >= 11 is 0. The first-order valence-corrected chi connectivity index (χ1v) is 10.5. The van der Waals surface area contributed by atoms with Gasteiger partial charge in [0, 0.05) is 32.2 Å². The zero-order valence-corrected chi connectivity index (χ0v) is 17.5. The molecule has 2 amide bonds. The molecular weight excluding hydrogens is 411 g/mol. The molecule has 2 N–H and O–H groups in total. The number of rotatable bonds is 7. The van der Waals surface area contributed by atoms with E-state index in [9.17, 15) is 9.18 Å². The molecule has 2 heterocycles. The number of carbonyl (C=O) groups is 1. The lowest BCUT2D eigenvalue weighted by Gasteiger charge is -2.33. The van der Waals surface area contributed by atoms with Crippen molar-refractivity contribution in [2.75, 3.05) is 31.6 Å². The Labute approximate surface area is 186 Å². The third-order valence-electron chi connectivity index (χ3n) is 4.99. The van der Waals surface area contributed by atoms with Crippen molar-refractivity contribution in [1.29, 1.82) is 0 Å². The van der Waals surface area contributed by atoms with Crippen LogP contribution in [0.15, 0.2) is 72.9 Å². The molecule has 3 aromatic rings. The molecule has 7 nitrogen and oxygen atoms in total.